The van der Waals surface area contributed by atoms with Crippen LogP contribution in [0.3, 0.4) is 0 Å². The maximum atomic E-state index is 9.07. The van der Waals surface area contributed by atoms with Crippen molar-refractivity contribution in [1.82, 2.24) is 9.97 Å². The van der Waals surface area contributed by atoms with Gasteiger partial charge < -0.3 is 14.7 Å². The van der Waals surface area contributed by atoms with E-state index in [9.17, 15) is 0 Å². The van der Waals surface area contributed by atoms with Crippen LogP contribution in [0.15, 0.2) is 6.07 Å². The van der Waals surface area contributed by atoms with Crippen LogP contribution in [0.1, 0.15) is 79.3 Å². The Bertz CT molecular complexity index is 715. The second kappa shape index (κ2) is 13.9. The van der Waals surface area contributed by atoms with Crippen molar-refractivity contribution in [3.05, 3.63) is 17.0 Å². The van der Waals surface area contributed by atoms with Gasteiger partial charge in [0.2, 0.25) is 5.28 Å². The zero-order valence-corrected chi connectivity index (χ0v) is 24.9. The maximum Gasteiger partial charge on any atom is 0.224 e. The van der Waals surface area contributed by atoms with E-state index in [1.807, 2.05) is 11.8 Å². The van der Waals surface area contributed by atoms with Crippen LogP contribution in [-0.4, -0.2) is 75.7 Å². The summed E-state index contributed by atoms with van der Waals surface area (Å²) in [6.45, 7) is 17.6. The largest absolute Gasteiger partial charge is 0.396 e. The third-order valence-corrected chi connectivity index (χ3v) is 15.6. The summed E-state index contributed by atoms with van der Waals surface area (Å²) in [4.78, 5) is 11.2. The Kier molecular flexibility index (Phi) is 12.3. The zero-order valence-electron chi connectivity index (χ0n) is 22.5. The SMILES string of the molecule is CC(C)S(C)(C(C)C)C(C)C.OCCCSC1(c2cc(N3CCOCC3)nc(Cl)n2)CCCC1. The first-order valence-electron chi connectivity index (χ1n) is 12.9. The van der Waals surface area contributed by atoms with Crippen LogP contribution in [0, 0.1) is 0 Å². The van der Waals surface area contributed by atoms with Gasteiger partial charge >= 0.3 is 0 Å². The summed E-state index contributed by atoms with van der Waals surface area (Å²) in [6, 6.07) is 2.12. The Morgan fingerprint density at radius 1 is 1.06 bits per heavy atom. The fraction of sp³-hybridized carbons (Fsp3) is 0.846. The van der Waals surface area contributed by atoms with Crippen LogP contribution in [-0.2, 0) is 9.48 Å². The van der Waals surface area contributed by atoms with Crippen LogP contribution < -0.4 is 4.90 Å². The molecule has 0 bridgehead atoms. The molecule has 1 aromatic heterocycles. The van der Waals surface area contributed by atoms with Crippen molar-refractivity contribution in [2.24, 2.45) is 0 Å². The van der Waals surface area contributed by atoms with Crippen LogP contribution in [0.4, 0.5) is 5.82 Å². The molecule has 1 N–H and O–H groups in total. The van der Waals surface area contributed by atoms with E-state index in [-0.39, 0.29) is 21.4 Å². The molecule has 2 aliphatic rings. The van der Waals surface area contributed by atoms with Crippen molar-refractivity contribution in [2.75, 3.05) is 49.8 Å². The van der Waals surface area contributed by atoms with Crippen LogP contribution >= 0.6 is 33.4 Å². The summed E-state index contributed by atoms with van der Waals surface area (Å²) in [5.74, 6) is 1.86. The molecule has 5 nitrogen and oxygen atoms in total. The molecule has 2 heterocycles. The lowest BCUT2D eigenvalue weighted by Gasteiger charge is -2.48. The molecule has 0 unspecified atom stereocenters. The highest BCUT2D eigenvalue weighted by atomic mass is 35.5. The average molecular weight is 534 g/mol. The van der Waals surface area contributed by atoms with Crippen molar-refractivity contribution >= 4 is 39.2 Å². The molecule has 0 amide bonds. The van der Waals surface area contributed by atoms with E-state index in [4.69, 9.17) is 21.4 Å². The highest BCUT2D eigenvalue weighted by Gasteiger charge is 2.38. The van der Waals surface area contributed by atoms with E-state index in [0.29, 0.717) is 5.28 Å². The van der Waals surface area contributed by atoms with E-state index < -0.39 is 0 Å². The van der Waals surface area contributed by atoms with Gasteiger partial charge in [0.1, 0.15) is 5.82 Å². The minimum absolute atomic E-state index is 0.0305. The predicted molar refractivity (Wildman–Crippen MR) is 153 cm³/mol. The van der Waals surface area contributed by atoms with Gasteiger partial charge in [0.25, 0.3) is 0 Å². The van der Waals surface area contributed by atoms with E-state index in [2.05, 4.69) is 68.7 Å². The van der Waals surface area contributed by atoms with Gasteiger partial charge in [-0.25, -0.2) is 20.0 Å². The molecule has 1 saturated carbocycles. The van der Waals surface area contributed by atoms with Crippen molar-refractivity contribution in [2.45, 2.75) is 94.1 Å². The van der Waals surface area contributed by atoms with Gasteiger partial charge in [0.15, 0.2) is 0 Å². The number of morpholine rings is 1. The van der Waals surface area contributed by atoms with Gasteiger partial charge in [-0.05, 0) is 58.6 Å². The van der Waals surface area contributed by atoms with Gasteiger partial charge in [-0.15, -0.1) is 11.8 Å². The summed E-state index contributed by atoms with van der Waals surface area (Å²) in [5.41, 5.74) is 1.06. The molecule has 1 aliphatic heterocycles. The second-order valence-corrected chi connectivity index (χ2v) is 17.2. The third kappa shape index (κ3) is 7.64. The molecule has 1 saturated heterocycles. The number of aliphatic hydroxyl groups excluding tert-OH is 1. The molecule has 0 spiro atoms. The van der Waals surface area contributed by atoms with Crippen LogP contribution in [0.2, 0.25) is 5.28 Å². The fourth-order valence-electron chi connectivity index (χ4n) is 4.98. The van der Waals surface area contributed by atoms with Crippen molar-refractivity contribution in [3.63, 3.8) is 0 Å². The summed E-state index contributed by atoms with van der Waals surface area (Å²) in [5, 5.41) is 12.0. The van der Waals surface area contributed by atoms with Gasteiger partial charge in [0.05, 0.1) is 23.7 Å². The lowest BCUT2D eigenvalue weighted by Crippen LogP contribution is -2.37. The highest BCUT2D eigenvalue weighted by Crippen LogP contribution is 2.57. The molecule has 1 aromatic rings. The third-order valence-electron chi connectivity index (χ3n) is 7.63. The Hall–Kier alpha value is -0.210. The van der Waals surface area contributed by atoms with Crippen LogP contribution in [0.5, 0.6) is 0 Å². The van der Waals surface area contributed by atoms with Crippen molar-refractivity contribution < 1.29 is 9.84 Å². The topological polar surface area (TPSA) is 58.5 Å². The Morgan fingerprint density at radius 3 is 2.09 bits per heavy atom. The summed E-state index contributed by atoms with van der Waals surface area (Å²) >= 11 is 8.16. The summed E-state index contributed by atoms with van der Waals surface area (Å²) < 4.78 is 5.45. The molecule has 3 rings (SSSR count). The number of aromatic nitrogens is 2. The molecular formula is C26H48ClN3O2S2. The number of aliphatic hydroxyl groups is 1. The normalized spacial score (nSPS) is 19.0. The van der Waals surface area contributed by atoms with Crippen molar-refractivity contribution in [1.29, 1.82) is 0 Å². The average Bonchev–Trinajstić information content (AvgIpc) is 3.29. The summed E-state index contributed by atoms with van der Waals surface area (Å²) in [7, 11) is -0.389. The minimum Gasteiger partial charge on any atom is -0.396 e. The standard InChI is InChI=1S/C16H24ClN3O2S.C10H24S/c17-15-18-13(12-14(19-15)20-6-9-22-10-7-20)16(4-1-2-5-16)23-11-3-8-21;1-8(2)11(7,9(3)4)10(5)6/h12,21H,1-11H2;8-10H,1-7H3. The fourth-order valence-corrected chi connectivity index (χ4v) is 9.92. The zero-order chi connectivity index (χ0) is 25.4. The monoisotopic (exact) mass is 533 g/mol. The molecule has 34 heavy (non-hydrogen) atoms. The Balaban J connectivity index is 0.000000316. The maximum absolute atomic E-state index is 9.07. The predicted octanol–water partition coefficient (Wildman–Crippen LogP) is 6.50. The number of hydrogen-bond acceptors (Lipinski definition) is 6. The molecule has 1 aliphatic carbocycles. The van der Waals surface area contributed by atoms with Crippen LogP contribution in [0.25, 0.3) is 0 Å². The van der Waals surface area contributed by atoms with E-state index in [1.54, 1.807) is 0 Å². The molecule has 8 heteroatoms. The van der Waals surface area contributed by atoms with E-state index in [0.717, 1.165) is 78.6 Å². The lowest BCUT2D eigenvalue weighted by atomic mass is 10.0. The number of hydrogen-bond donors (Lipinski definition) is 1. The minimum atomic E-state index is -0.389. The Morgan fingerprint density at radius 2 is 1.62 bits per heavy atom. The molecule has 0 atom stereocenters. The second-order valence-electron chi connectivity index (χ2n) is 10.4. The number of anilines is 1. The molecular weight excluding hydrogens is 486 g/mol. The first-order valence-corrected chi connectivity index (χ1v) is 16.5. The number of nitrogens with zero attached hydrogens (tertiary/aromatic N) is 3. The molecule has 2 fully saturated rings. The smallest absolute Gasteiger partial charge is 0.224 e. The quantitative estimate of drug-likeness (QED) is 0.289. The number of rotatable bonds is 9. The first-order chi connectivity index (χ1) is 16.1. The van der Waals surface area contributed by atoms with Gasteiger partial charge in [-0.1, -0.05) is 54.4 Å². The highest BCUT2D eigenvalue weighted by molar-refractivity contribution is 8.34. The van der Waals surface area contributed by atoms with Crippen molar-refractivity contribution in [3.8, 4) is 0 Å². The van der Waals surface area contributed by atoms with Gasteiger partial charge in [-0.2, -0.15) is 0 Å². The molecule has 198 valence electrons. The van der Waals surface area contributed by atoms with E-state index >= 15 is 0 Å². The van der Waals surface area contributed by atoms with E-state index in [1.165, 1.54) is 12.8 Å². The van der Waals surface area contributed by atoms with Gasteiger partial charge in [0, 0.05) is 25.8 Å². The lowest BCUT2D eigenvalue weighted by molar-refractivity contribution is 0.122. The molecule has 0 aromatic carbocycles. The Labute approximate surface area is 219 Å². The number of halogens is 1. The number of ether oxygens (including phenoxy) is 1. The van der Waals surface area contributed by atoms with Gasteiger partial charge in [-0.3, -0.25) is 0 Å². The number of thioether (sulfide) groups is 1. The molecule has 0 radical (unpaired) electrons. The summed E-state index contributed by atoms with van der Waals surface area (Å²) in [6.07, 6.45) is 8.01. The first kappa shape index (κ1) is 30.0.